The number of phosphoric ester groups is 2. The van der Waals surface area contributed by atoms with Gasteiger partial charge in [-0.05, 0) is 70.6 Å². The molecule has 1 aliphatic heterocycles. The molecule has 2 rings (SSSR count). The third-order valence-corrected chi connectivity index (χ3v) is 12.8. The second-order valence-electron chi connectivity index (χ2n) is 17.2. The third kappa shape index (κ3) is 28.4. The zero-order valence-electron chi connectivity index (χ0n) is 39.3. The molecule has 1 aliphatic carbocycles. The minimum Gasteiger partial charge on any atom is -0.462 e. The predicted molar refractivity (Wildman–Crippen MR) is 250 cm³/mol. The monoisotopic (exact) mass is 981 g/mol. The normalized spacial score (nSPS) is 25.0. The molecule has 2 aliphatic rings. The lowest BCUT2D eigenvalue weighted by atomic mass is 9.85. The second kappa shape index (κ2) is 35.1. The smallest absolute Gasteiger partial charge is 0.462 e. The van der Waals surface area contributed by atoms with E-state index in [2.05, 4.69) is 67.0 Å². The van der Waals surface area contributed by atoms with Crippen LogP contribution in [0.2, 0.25) is 0 Å². The minimum atomic E-state index is -5.37. The summed E-state index contributed by atoms with van der Waals surface area (Å²) in [7, 11) is -10.7. The summed E-state index contributed by atoms with van der Waals surface area (Å²) in [5, 5.41) is 41.3. The Hall–Kier alpha value is -2.08. The van der Waals surface area contributed by atoms with Crippen molar-refractivity contribution < 1.29 is 81.6 Å². The van der Waals surface area contributed by atoms with Crippen LogP contribution in [0.25, 0.3) is 0 Å². The molecule has 0 radical (unpaired) electrons. The zero-order chi connectivity index (χ0) is 48.6. The highest BCUT2D eigenvalue weighted by Crippen LogP contribution is 2.49. The van der Waals surface area contributed by atoms with Gasteiger partial charge in [0.2, 0.25) is 0 Å². The number of unbranched alkanes of at least 4 members (excludes halogenated alkanes) is 14. The van der Waals surface area contributed by atoms with Crippen LogP contribution < -0.4 is 0 Å². The van der Waals surface area contributed by atoms with Gasteiger partial charge in [-0.3, -0.25) is 23.2 Å². The molecule has 0 bridgehead atoms. The molecule has 7 N–H and O–H groups in total. The van der Waals surface area contributed by atoms with Gasteiger partial charge in [0.1, 0.15) is 43.2 Å². The fourth-order valence-corrected chi connectivity index (χ4v) is 9.01. The number of epoxide rings is 1. The fraction of sp³-hybridized carbons (Fsp3) is 0.787. The number of carbonyl (C=O) groups is 2. The van der Waals surface area contributed by atoms with E-state index in [1.807, 2.05) is 0 Å². The first-order chi connectivity index (χ1) is 31.6. The minimum absolute atomic E-state index is 0.0259. The quantitative estimate of drug-likeness (QED) is 0.0100. The van der Waals surface area contributed by atoms with Crippen molar-refractivity contribution in [3.8, 4) is 0 Å². The first-order valence-electron chi connectivity index (χ1n) is 24.3. The molecule has 1 saturated heterocycles. The highest BCUT2D eigenvalue weighted by Gasteiger charge is 2.54. The highest BCUT2D eigenvalue weighted by molar-refractivity contribution is 7.47. The Labute approximate surface area is 392 Å². The number of aliphatic hydroxyl groups is 4. The van der Waals surface area contributed by atoms with Crippen molar-refractivity contribution in [1.29, 1.82) is 0 Å². The Kier molecular flexibility index (Phi) is 31.9. The summed E-state index contributed by atoms with van der Waals surface area (Å²) >= 11 is 0. The Morgan fingerprint density at radius 1 is 0.576 bits per heavy atom. The van der Waals surface area contributed by atoms with Crippen LogP contribution in [-0.4, -0.2) is 115 Å². The molecule has 10 atom stereocenters. The lowest BCUT2D eigenvalue weighted by molar-refractivity contribution is -0.216. The standard InChI is InChI=1S/C47H82O17P2/c1-3-5-7-9-11-13-15-17-18-19-21-23-25-27-29-33-41(49)61-37(36-60-66(57,58)64-47-44(52)42(50)43(51)46(45(47)53)63-65(54,55)56)35-59-40(48)34-30-32-39-38(62-39)31-28-26-24-22-20-16-14-12-10-8-6-4-2/h5,7,12,14,20,22,26,28,37-39,42-47,50-53H,3-4,6,8-11,13,15-19,21,23-25,27,29-36H2,1-2H3,(H,57,58)(H2,54,55,56)/b7-5-,14-12-,22-20-,28-26-/t37-,38?,39?,42?,43?,44?,45?,46-,47+/m1/s1. The molecule has 0 amide bonds. The van der Waals surface area contributed by atoms with Crippen molar-refractivity contribution in [2.24, 2.45) is 0 Å². The summed E-state index contributed by atoms with van der Waals surface area (Å²) in [6, 6.07) is 0. The molecule has 19 heteroatoms. The van der Waals surface area contributed by atoms with Crippen molar-refractivity contribution in [1.82, 2.24) is 0 Å². The van der Waals surface area contributed by atoms with Crippen molar-refractivity contribution in [2.75, 3.05) is 13.2 Å². The Morgan fingerprint density at radius 2 is 1.11 bits per heavy atom. The summed E-state index contributed by atoms with van der Waals surface area (Å²) in [6.07, 6.45) is 25.1. The fourth-order valence-electron chi connectivity index (χ4n) is 7.47. The maximum Gasteiger partial charge on any atom is 0.472 e. The van der Waals surface area contributed by atoms with Crippen LogP contribution in [0, 0.1) is 0 Å². The van der Waals surface area contributed by atoms with Gasteiger partial charge in [0, 0.05) is 12.8 Å². The van der Waals surface area contributed by atoms with Gasteiger partial charge in [0.05, 0.1) is 18.8 Å². The van der Waals surface area contributed by atoms with Crippen LogP contribution in [0.5, 0.6) is 0 Å². The van der Waals surface area contributed by atoms with E-state index in [1.54, 1.807) is 0 Å². The number of phosphoric acid groups is 2. The molecule has 7 unspecified atom stereocenters. The molecule has 0 spiro atoms. The van der Waals surface area contributed by atoms with Gasteiger partial charge in [-0.15, -0.1) is 0 Å². The average molecular weight is 981 g/mol. The van der Waals surface area contributed by atoms with E-state index in [0.717, 1.165) is 64.2 Å². The van der Waals surface area contributed by atoms with Gasteiger partial charge < -0.3 is 49.3 Å². The predicted octanol–water partition coefficient (Wildman–Crippen LogP) is 8.27. The van der Waals surface area contributed by atoms with Gasteiger partial charge >= 0.3 is 27.6 Å². The summed E-state index contributed by atoms with van der Waals surface area (Å²) < 4.78 is 55.2. The lowest BCUT2D eigenvalue weighted by Crippen LogP contribution is -2.64. The van der Waals surface area contributed by atoms with Gasteiger partial charge in [0.25, 0.3) is 0 Å². The van der Waals surface area contributed by atoms with E-state index < -0.39 is 83.5 Å². The Balaban J connectivity index is 1.81. The molecule has 0 aromatic rings. The molecule has 382 valence electrons. The molecule has 2 fully saturated rings. The van der Waals surface area contributed by atoms with Crippen molar-refractivity contribution in [3.05, 3.63) is 48.6 Å². The first kappa shape index (κ1) is 60.0. The van der Waals surface area contributed by atoms with Crippen molar-refractivity contribution in [3.63, 3.8) is 0 Å². The molecule has 0 aromatic heterocycles. The van der Waals surface area contributed by atoms with Gasteiger partial charge in [-0.2, -0.15) is 0 Å². The van der Waals surface area contributed by atoms with Crippen LogP contribution in [0.3, 0.4) is 0 Å². The van der Waals surface area contributed by atoms with Crippen LogP contribution in [0.4, 0.5) is 0 Å². The topological polar surface area (TPSA) is 269 Å². The van der Waals surface area contributed by atoms with Crippen molar-refractivity contribution in [2.45, 2.75) is 223 Å². The number of allylic oxidation sites excluding steroid dienone is 7. The number of esters is 2. The van der Waals surface area contributed by atoms with Crippen LogP contribution in [-0.2, 0) is 46.5 Å². The van der Waals surface area contributed by atoms with Gasteiger partial charge in [0.15, 0.2) is 6.10 Å². The van der Waals surface area contributed by atoms with Crippen LogP contribution in [0.15, 0.2) is 48.6 Å². The largest absolute Gasteiger partial charge is 0.472 e. The Bertz CT molecular complexity index is 1530. The summed E-state index contributed by atoms with van der Waals surface area (Å²) in [6.45, 7) is 2.94. The molecular formula is C47H82O17P2. The summed E-state index contributed by atoms with van der Waals surface area (Å²) in [4.78, 5) is 54.4. The van der Waals surface area contributed by atoms with Gasteiger partial charge in [-0.1, -0.05) is 133 Å². The van der Waals surface area contributed by atoms with E-state index >= 15 is 0 Å². The summed E-state index contributed by atoms with van der Waals surface area (Å²) in [5.74, 6) is -1.28. The van der Waals surface area contributed by atoms with E-state index in [-0.39, 0.29) is 25.0 Å². The average Bonchev–Trinajstić information content (AvgIpc) is 4.03. The number of hydrogen-bond acceptors (Lipinski definition) is 14. The van der Waals surface area contributed by atoms with Crippen molar-refractivity contribution >= 4 is 27.6 Å². The summed E-state index contributed by atoms with van der Waals surface area (Å²) in [5.41, 5.74) is 0. The molecule has 0 aromatic carbocycles. The molecule has 66 heavy (non-hydrogen) atoms. The Morgan fingerprint density at radius 3 is 1.71 bits per heavy atom. The number of carbonyl (C=O) groups excluding carboxylic acids is 2. The lowest BCUT2D eigenvalue weighted by Gasteiger charge is -2.43. The maximum atomic E-state index is 13.0. The maximum absolute atomic E-state index is 13.0. The number of rotatable bonds is 39. The zero-order valence-corrected chi connectivity index (χ0v) is 41.1. The van der Waals surface area contributed by atoms with Gasteiger partial charge in [-0.25, -0.2) is 9.13 Å². The van der Waals surface area contributed by atoms with E-state index in [4.69, 9.17) is 23.3 Å². The molecule has 17 nitrogen and oxygen atoms in total. The number of aliphatic hydroxyl groups excluding tert-OH is 4. The molecule has 1 heterocycles. The first-order valence-corrected chi connectivity index (χ1v) is 27.3. The SMILES string of the molecule is CC/C=C\CCCCCCCCCCCCCC(=O)O[C@H](COC(=O)CCCC1OC1C/C=C\C/C=C\C/C=C\CCCCC)COP(=O)(O)O[C@H]1C(O)C(O)C(O)[C@@H](OP(=O)(O)O)C1O. The number of ether oxygens (including phenoxy) is 3. The van der Waals surface area contributed by atoms with E-state index in [1.165, 1.54) is 57.8 Å². The number of hydrogen-bond donors (Lipinski definition) is 7. The molecule has 1 saturated carbocycles. The van der Waals surface area contributed by atoms with Crippen LogP contribution in [0.1, 0.15) is 168 Å². The highest BCUT2D eigenvalue weighted by atomic mass is 31.2. The van der Waals surface area contributed by atoms with Crippen LogP contribution >= 0.6 is 15.6 Å². The second-order valence-corrected chi connectivity index (χ2v) is 19.8. The van der Waals surface area contributed by atoms with E-state index in [0.29, 0.717) is 19.3 Å². The third-order valence-electron chi connectivity index (χ3n) is 11.3. The van der Waals surface area contributed by atoms with E-state index in [9.17, 15) is 53.8 Å². The molecular weight excluding hydrogens is 898 g/mol.